The molecule has 1 heterocycles. The van der Waals surface area contributed by atoms with Crippen molar-refractivity contribution in [2.45, 2.75) is 18.9 Å². The normalized spacial score (nSPS) is 20.8. The summed E-state index contributed by atoms with van der Waals surface area (Å²) in [4.78, 5) is 0. The van der Waals surface area contributed by atoms with Crippen LogP contribution in [0.25, 0.3) is 5.57 Å². The molecule has 1 unspecified atom stereocenters. The molecule has 1 aromatic rings. The molecule has 1 heteroatoms. The summed E-state index contributed by atoms with van der Waals surface area (Å²) >= 11 is 0. The van der Waals surface area contributed by atoms with Crippen LogP contribution in [0.2, 0.25) is 0 Å². The molecule has 1 nitrogen and oxygen atoms in total. The summed E-state index contributed by atoms with van der Waals surface area (Å²) in [5.74, 6) is 0. The standard InChI is InChI=1S/C14H16O/c1-2-6-14-11-13(9-10-15-14)12-7-4-3-5-8-12/h2-5,7-9,14H,1,6,10-11H2. The van der Waals surface area contributed by atoms with Gasteiger partial charge in [0.1, 0.15) is 0 Å². The predicted molar refractivity (Wildman–Crippen MR) is 63.6 cm³/mol. The minimum atomic E-state index is 0.308. The molecule has 78 valence electrons. The first kappa shape index (κ1) is 10.2. The average molecular weight is 200 g/mol. The molecule has 0 saturated carbocycles. The average Bonchev–Trinajstić information content (AvgIpc) is 2.31. The highest BCUT2D eigenvalue weighted by Gasteiger charge is 2.15. The lowest BCUT2D eigenvalue weighted by Gasteiger charge is -2.22. The van der Waals surface area contributed by atoms with Crippen molar-refractivity contribution in [3.8, 4) is 0 Å². The monoisotopic (exact) mass is 200 g/mol. The Bertz CT molecular complexity index is 351. The molecule has 1 aromatic carbocycles. The molecule has 15 heavy (non-hydrogen) atoms. The maximum Gasteiger partial charge on any atom is 0.0657 e. The smallest absolute Gasteiger partial charge is 0.0657 e. The van der Waals surface area contributed by atoms with Crippen molar-refractivity contribution in [2.75, 3.05) is 6.61 Å². The summed E-state index contributed by atoms with van der Waals surface area (Å²) in [5, 5.41) is 0. The zero-order valence-electron chi connectivity index (χ0n) is 8.86. The summed E-state index contributed by atoms with van der Waals surface area (Å²) in [6.45, 7) is 4.48. The van der Waals surface area contributed by atoms with Crippen LogP contribution in [0.1, 0.15) is 18.4 Å². The van der Waals surface area contributed by atoms with E-state index in [1.807, 2.05) is 12.1 Å². The fourth-order valence-electron chi connectivity index (χ4n) is 1.90. The largest absolute Gasteiger partial charge is 0.373 e. The Kier molecular flexibility index (Phi) is 3.36. The van der Waals surface area contributed by atoms with Gasteiger partial charge in [0.2, 0.25) is 0 Å². The van der Waals surface area contributed by atoms with Gasteiger partial charge in [-0.15, -0.1) is 6.58 Å². The zero-order chi connectivity index (χ0) is 10.5. The van der Waals surface area contributed by atoms with E-state index in [-0.39, 0.29) is 0 Å². The fraction of sp³-hybridized carbons (Fsp3) is 0.286. The maximum atomic E-state index is 5.62. The fourth-order valence-corrected chi connectivity index (χ4v) is 1.90. The van der Waals surface area contributed by atoms with E-state index in [9.17, 15) is 0 Å². The molecule has 2 rings (SSSR count). The molecule has 0 N–H and O–H groups in total. The molecule has 0 fully saturated rings. The minimum Gasteiger partial charge on any atom is -0.373 e. The van der Waals surface area contributed by atoms with Crippen LogP contribution in [0, 0.1) is 0 Å². The van der Waals surface area contributed by atoms with Crippen LogP contribution in [0.5, 0.6) is 0 Å². The van der Waals surface area contributed by atoms with E-state index in [4.69, 9.17) is 4.74 Å². The predicted octanol–water partition coefficient (Wildman–Crippen LogP) is 3.44. The Morgan fingerprint density at radius 2 is 2.13 bits per heavy atom. The van der Waals surface area contributed by atoms with E-state index < -0.39 is 0 Å². The lowest BCUT2D eigenvalue weighted by Crippen LogP contribution is -2.17. The van der Waals surface area contributed by atoms with Gasteiger partial charge in [-0.25, -0.2) is 0 Å². The Balaban J connectivity index is 2.10. The van der Waals surface area contributed by atoms with Crippen molar-refractivity contribution in [2.24, 2.45) is 0 Å². The quantitative estimate of drug-likeness (QED) is 0.679. The Morgan fingerprint density at radius 3 is 2.87 bits per heavy atom. The SMILES string of the molecule is C=CCC1CC(c2ccccc2)=CCO1. The van der Waals surface area contributed by atoms with Gasteiger partial charge in [-0.1, -0.05) is 42.5 Å². The highest BCUT2D eigenvalue weighted by molar-refractivity contribution is 5.66. The topological polar surface area (TPSA) is 9.23 Å². The highest BCUT2D eigenvalue weighted by Crippen LogP contribution is 2.25. The molecule has 0 spiro atoms. The summed E-state index contributed by atoms with van der Waals surface area (Å²) in [6, 6.07) is 10.5. The van der Waals surface area contributed by atoms with Gasteiger partial charge in [0, 0.05) is 0 Å². The number of benzene rings is 1. The van der Waals surface area contributed by atoms with Gasteiger partial charge in [-0.3, -0.25) is 0 Å². The van der Waals surface area contributed by atoms with E-state index in [1.165, 1.54) is 11.1 Å². The molecule has 0 bridgehead atoms. The number of rotatable bonds is 3. The van der Waals surface area contributed by atoms with Crippen LogP contribution in [-0.4, -0.2) is 12.7 Å². The van der Waals surface area contributed by atoms with Crippen molar-refractivity contribution in [1.82, 2.24) is 0 Å². The van der Waals surface area contributed by atoms with Crippen LogP contribution < -0.4 is 0 Å². The summed E-state index contributed by atoms with van der Waals surface area (Å²) in [6.07, 6.45) is 6.34. The third kappa shape index (κ3) is 2.57. The second kappa shape index (κ2) is 4.94. The van der Waals surface area contributed by atoms with Gasteiger partial charge in [0.25, 0.3) is 0 Å². The van der Waals surface area contributed by atoms with Crippen LogP contribution in [0.15, 0.2) is 49.1 Å². The molecule has 1 aliphatic heterocycles. The molecule has 0 aromatic heterocycles. The van der Waals surface area contributed by atoms with Gasteiger partial charge in [0.15, 0.2) is 0 Å². The van der Waals surface area contributed by atoms with E-state index in [0.717, 1.165) is 19.4 Å². The van der Waals surface area contributed by atoms with Crippen molar-refractivity contribution in [3.05, 3.63) is 54.6 Å². The summed E-state index contributed by atoms with van der Waals surface area (Å²) < 4.78 is 5.62. The van der Waals surface area contributed by atoms with E-state index in [2.05, 4.69) is 36.9 Å². The third-order valence-electron chi connectivity index (χ3n) is 2.68. The second-order valence-corrected chi connectivity index (χ2v) is 3.78. The molecular weight excluding hydrogens is 184 g/mol. The van der Waals surface area contributed by atoms with E-state index >= 15 is 0 Å². The molecule has 0 saturated heterocycles. The zero-order valence-corrected chi connectivity index (χ0v) is 8.86. The lowest BCUT2D eigenvalue weighted by molar-refractivity contribution is 0.0734. The number of hydrogen-bond acceptors (Lipinski definition) is 1. The van der Waals surface area contributed by atoms with Gasteiger partial charge >= 0.3 is 0 Å². The van der Waals surface area contributed by atoms with Gasteiger partial charge in [0.05, 0.1) is 12.7 Å². The summed E-state index contributed by atoms with van der Waals surface area (Å²) in [5.41, 5.74) is 2.71. The number of ether oxygens (including phenoxy) is 1. The van der Waals surface area contributed by atoms with Gasteiger partial charge in [-0.05, 0) is 24.0 Å². The van der Waals surface area contributed by atoms with Gasteiger partial charge < -0.3 is 4.74 Å². The third-order valence-corrected chi connectivity index (χ3v) is 2.68. The van der Waals surface area contributed by atoms with Gasteiger partial charge in [-0.2, -0.15) is 0 Å². The number of hydrogen-bond donors (Lipinski definition) is 0. The van der Waals surface area contributed by atoms with Crippen LogP contribution in [0.4, 0.5) is 0 Å². The van der Waals surface area contributed by atoms with Crippen molar-refractivity contribution >= 4 is 5.57 Å². The van der Waals surface area contributed by atoms with E-state index in [0.29, 0.717) is 6.10 Å². The maximum absolute atomic E-state index is 5.62. The highest BCUT2D eigenvalue weighted by atomic mass is 16.5. The van der Waals surface area contributed by atoms with Crippen molar-refractivity contribution in [1.29, 1.82) is 0 Å². The Morgan fingerprint density at radius 1 is 1.33 bits per heavy atom. The molecule has 0 radical (unpaired) electrons. The molecule has 0 aliphatic carbocycles. The first-order valence-corrected chi connectivity index (χ1v) is 5.37. The lowest BCUT2D eigenvalue weighted by atomic mass is 9.96. The Hall–Kier alpha value is -1.34. The van der Waals surface area contributed by atoms with E-state index in [1.54, 1.807) is 0 Å². The van der Waals surface area contributed by atoms with Crippen molar-refractivity contribution in [3.63, 3.8) is 0 Å². The molecule has 1 aliphatic rings. The molecule has 0 amide bonds. The first-order chi connectivity index (χ1) is 7.40. The molecule has 1 atom stereocenters. The van der Waals surface area contributed by atoms with Crippen LogP contribution >= 0.6 is 0 Å². The Labute approximate surface area is 91.1 Å². The summed E-state index contributed by atoms with van der Waals surface area (Å²) in [7, 11) is 0. The van der Waals surface area contributed by atoms with Crippen LogP contribution in [-0.2, 0) is 4.74 Å². The second-order valence-electron chi connectivity index (χ2n) is 3.78. The minimum absolute atomic E-state index is 0.308. The van der Waals surface area contributed by atoms with Crippen molar-refractivity contribution < 1.29 is 4.74 Å². The molecular formula is C14H16O. The van der Waals surface area contributed by atoms with Crippen LogP contribution in [0.3, 0.4) is 0 Å². The first-order valence-electron chi connectivity index (χ1n) is 5.37.